The van der Waals surface area contributed by atoms with Crippen molar-refractivity contribution in [3.05, 3.63) is 45.4 Å². The summed E-state index contributed by atoms with van der Waals surface area (Å²) in [5.41, 5.74) is 0.721. The van der Waals surface area contributed by atoms with Gasteiger partial charge in [-0.15, -0.1) is 11.3 Å². The average molecular weight is 279 g/mol. The van der Waals surface area contributed by atoms with Gasteiger partial charge in [0.2, 0.25) is 0 Å². The fourth-order valence-electron chi connectivity index (χ4n) is 1.59. The van der Waals surface area contributed by atoms with Gasteiger partial charge in [-0.2, -0.15) is 5.26 Å². The Labute approximate surface area is 113 Å². The summed E-state index contributed by atoms with van der Waals surface area (Å²) in [4.78, 5) is 4.28. The predicted octanol–water partition coefficient (Wildman–Crippen LogP) is 3.26. The van der Waals surface area contributed by atoms with Crippen molar-refractivity contribution in [3.8, 4) is 6.07 Å². The molecule has 0 radical (unpaired) electrons. The number of halogens is 2. The lowest BCUT2D eigenvalue weighted by molar-refractivity contribution is 0.508. The number of nitriles is 1. The molecule has 1 aromatic carbocycles. The maximum absolute atomic E-state index is 13.6. The predicted molar refractivity (Wildman–Crippen MR) is 70.1 cm³/mol. The van der Waals surface area contributed by atoms with E-state index in [-0.39, 0.29) is 11.3 Å². The lowest BCUT2D eigenvalue weighted by atomic mass is 10.2. The average Bonchev–Trinajstić information content (AvgIpc) is 2.81. The van der Waals surface area contributed by atoms with Crippen molar-refractivity contribution in [2.75, 3.05) is 11.9 Å². The first-order valence-corrected chi connectivity index (χ1v) is 6.52. The van der Waals surface area contributed by atoms with Gasteiger partial charge in [-0.1, -0.05) is 0 Å². The van der Waals surface area contributed by atoms with E-state index in [1.807, 2.05) is 12.3 Å². The van der Waals surface area contributed by atoms with Crippen LogP contribution in [-0.2, 0) is 6.42 Å². The molecule has 0 fully saturated rings. The van der Waals surface area contributed by atoms with Crippen molar-refractivity contribution >= 4 is 17.0 Å². The smallest absolute Gasteiger partial charge is 0.183 e. The molecule has 6 heteroatoms. The Morgan fingerprint density at radius 3 is 2.79 bits per heavy atom. The molecule has 0 amide bonds. The van der Waals surface area contributed by atoms with E-state index in [4.69, 9.17) is 5.26 Å². The van der Waals surface area contributed by atoms with E-state index in [9.17, 15) is 8.78 Å². The fraction of sp³-hybridized carbons (Fsp3) is 0.231. The number of nitrogens with one attached hydrogen (secondary N) is 1. The molecule has 1 heterocycles. The molecule has 0 atom stereocenters. The molecular formula is C13H11F2N3S. The second-order valence-electron chi connectivity index (χ2n) is 3.96. The lowest BCUT2D eigenvalue weighted by Gasteiger charge is -2.07. The summed E-state index contributed by atoms with van der Waals surface area (Å²) >= 11 is 1.54. The van der Waals surface area contributed by atoms with E-state index in [0.29, 0.717) is 13.0 Å². The molecule has 1 aromatic heterocycles. The molecule has 0 saturated carbocycles. The molecule has 3 nitrogen and oxygen atoms in total. The van der Waals surface area contributed by atoms with E-state index in [2.05, 4.69) is 10.3 Å². The first-order valence-electron chi connectivity index (χ1n) is 5.65. The minimum Gasteiger partial charge on any atom is -0.382 e. The quantitative estimate of drug-likeness (QED) is 0.934. The van der Waals surface area contributed by atoms with E-state index in [1.165, 1.54) is 23.5 Å². The number of aromatic nitrogens is 1. The molecule has 98 valence electrons. The van der Waals surface area contributed by atoms with Gasteiger partial charge in [0, 0.05) is 24.0 Å². The molecule has 2 aromatic rings. The van der Waals surface area contributed by atoms with Gasteiger partial charge in [-0.05, 0) is 19.1 Å². The Morgan fingerprint density at radius 2 is 2.16 bits per heavy atom. The number of hydrogen-bond donors (Lipinski definition) is 1. The molecule has 2 rings (SSSR count). The van der Waals surface area contributed by atoms with Gasteiger partial charge in [0.15, 0.2) is 11.6 Å². The van der Waals surface area contributed by atoms with E-state index in [0.717, 1.165) is 10.7 Å². The van der Waals surface area contributed by atoms with Gasteiger partial charge in [0.05, 0.1) is 16.3 Å². The summed E-state index contributed by atoms with van der Waals surface area (Å²) in [6.07, 6.45) is 0.638. The van der Waals surface area contributed by atoms with E-state index in [1.54, 1.807) is 6.07 Å². The molecule has 0 bridgehead atoms. The van der Waals surface area contributed by atoms with Gasteiger partial charge in [-0.3, -0.25) is 0 Å². The Balaban J connectivity index is 2.00. The van der Waals surface area contributed by atoms with Crippen LogP contribution >= 0.6 is 11.3 Å². The second-order valence-corrected chi connectivity index (χ2v) is 4.90. The van der Waals surface area contributed by atoms with Crippen LogP contribution in [0.3, 0.4) is 0 Å². The molecule has 0 aliphatic heterocycles. The van der Waals surface area contributed by atoms with Crippen molar-refractivity contribution in [3.63, 3.8) is 0 Å². The summed E-state index contributed by atoms with van der Waals surface area (Å²) < 4.78 is 26.9. The SMILES string of the molecule is Cc1csc(CCNc2ccc(C#N)c(F)c2F)n1. The summed E-state index contributed by atoms with van der Waals surface area (Å²) in [5, 5.41) is 14.3. The van der Waals surface area contributed by atoms with Crippen molar-refractivity contribution in [2.45, 2.75) is 13.3 Å². The Bertz CT molecular complexity index is 631. The van der Waals surface area contributed by atoms with Crippen molar-refractivity contribution in [1.82, 2.24) is 4.98 Å². The largest absolute Gasteiger partial charge is 0.382 e. The lowest BCUT2D eigenvalue weighted by Crippen LogP contribution is -2.07. The van der Waals surface area contributed by atoms with Crippen LogP contribution < -0.4 is 5.32 Å². The third-order valence-corrected chi connectivity index (χ3v) is 3.55. The number of aryl methyl sites for hydroxylation is 1. The highest BCUT2D eigenvalue weighted by Gasteiger charge is 2.12. The first kappa shape index (κ1) is 13.4. The molecule has 1 N–H and O–H groups in total. The highest BCUT2D eigenvalue weighted by molar-refractivity contribution is 7.09. The van der Waals surface area contributed by atoms with Gasteiger partial charge >= 0.3 is 0 Å². The van der Waals surface area contributed by atoms with Crippen LogP contribution in [0.1, 0.15) is 16.3 Å². The van der Waals surface area contributed by atoms with Crippen LogP contribution in [0.4, 0.5) is 14.5 Å². The zero-order valence-corrected chi connectivity index (χ0v) is 11.0. The minimum atomic E-state index is -1.11. The topological polar surface area (TPSA) is 48.7 Å². The van der Waals surface area contributed by atoms with E-state index < -0.39 is 11.6 Å². The summed E-state index contributed by atoms with van der Waals surface area (Å²) in [6.45, 7) is 2.36. The first-order chi connectivity index (χ1) is 9.11. The maximum Gasteiger partial charge on any atom is 0.183 e. The summed E-state index contributed by atoms with van der Waals surface area (Å²) in [7, 11) is 0. The maximum atomic E-state index is 13.6. The van der Waals surface area contributed by atoms with Crippen LogP contribution in [0, 0.1) is 29.9 Å². The summed E-state index contributed by atoms with van der Waals surface area (Å²) in [6, 6.07) is 4.22. The Morgan fingerprint density at radius 1 is 1.37 bits per heavy atom. The monoisotopic (exact) mass is 279 g/mol. The zero-order chi connectivity index (χ0) is 13.8. The molecule has 0 unspecified atom stereocenters. The number of nitrogens with zero attached hydrogens (tertiary/aromatic N) is 2. The number of thiazole rings is 1. The third kappa shape index (κ3) is 3.06. The van der Waals surface area contributed by atoms with Crippen LogP contribution in [-0.4, -0.2) is 11.5 Å². The van der Waals surface area contributed by atoms with Crippen molar-refractivity contribution in [1.29, 1.82) is 5.26 Å². The molecule has 0 spiro atoms. The fourth-order valence-corrected chi connectivity index (χ4v) is 2.37. The Hall–Kier alpha value is -2.00. The van der Waals surface area contributed by atoms with Crippen LogP contribution in [0.2, 0.25) is 0 Å². The molecule has 0 aliphatic carbocycles. The molecular weight excluding hydrogens is 268 g/mol. The highest BCUT2D eigenvalue weighted by atomic mass is 32.1. The van der Waals surface area contributed by atoms with Gasteiger partial charge in [-0.25, -0.2) is 13.8 Å². The number of hydrogen-bond acceptors (Lipinski definition) is 4. The van der Waals surface area contributed by atoms with Crippen molar-refractivity contribution in [2.24, 2.45) is 0 Å². The standard InChI is InChI=1S/C13H11F2N3S/c1-8-7-19-11(18-8)4-5-17-10-3-2-9(6-16)12(14)13(10)15/h2-3,7,17H,4-5H2,1H3. The minimum absolute atomic E-state index is 0.0600. The Kier molecular flexibility index (Phi) is 4.07. The van der Waals surface area contributed by atoms with Crippen LogP contribution in [0.5, 0.6) is 0 Å². The second kappa shape index (κ2) is 5.76. The molecule has 19 heavy (non-hydrogen) atoms. The molecule has 0 aliphatic rings. The highest BCUT2D eigenvalue weighted by Crippen LogP contribution is 2.20. The van der Waals surface area contributed by atoms with Gasteiger partial charge < -0.3 is 5.32 Å². The number of anilines is 1. The van der Waals surface area contributed by atoms with Crippen LogP contribution in [0.15, 0.2) is 17.5 Å². The van der Waals surface area contributed by atoms with E-state index >= 15 is 0 Å². The van der Waals surface area contributed by atoms with Crippen LogP contribution in [0.25, 0.3) is 0 Å². The normalized spacial score (nSPS) is 10.2. The zero-order valence-electron chi connectivity index (χ0n) is 10.2. The van der Waals surface area contributed by atoms with Crippen molar-refractivity contribution < 1.29 is 8.78 Å². The summed E-state index contributed by atoms with van der Waals surface area (Å²) in [5.74, 6) is -2.13. The van der Waals surface area contributed by atoms with Gasteiger partial charge in [0.1, 0.15) is 6.07 Å². The van der Waals surface area contributed by atoms with Gasteiger partial charge in [0.25, 0.3) is 0 Å². The molecule has 0 saturated heterocycles. The number of rotatable bonds is 4. The third-order valence-electron chi connectivity index (χ3n) is 2.52. The number of benzene rings is 1.